The van der Waals surface area contributed by atoms with E-state index in [9.17, 15) is 14.0 Å². The van der Waals surface area contributed by atoms with Crippen LogP contribution in [0.25, 0.3) is 11.5 Å². The molecule has 164 valence electrons. The Labute approximate surface area is 179 Å². The first-order chi connectivity index (χ1) is 14.5. The molecule has 0 spiro atoms. The Kier molecular flexibility index (Phi) is 4.99. The molecule has 0 unspecified atom stereocenters. The van der Waals surface area contributed by atoms with Crippen LogP contribution in [0, 0.1) is 19.7 Å². The van der Waals surface area contributed by atoms with E-state index in [1.165, 1.54) is 4.57 Å². The topological polar surface area (TPSA) is 85.2 Å². The highest BCUT2D eigenvalue weighted by Gasteiger charge is 2.37. The number of hydrogen-bond donors (Lipinski definition) is 1. The van der Waals surface area contributed by atoms with E-state index in [0.29, 0.717) is 35.7 Å². The number of carbonyl (C=O) groups is 1. The SMILES string of the molecule is Cc1cc(-n2ncc(C3CN(C(=O)OC(C)(C)C)C3)c2-n2cc[nH]c2=O)cc(C)c1F. The number of aromatic nitrogens is 4. The third-order valence-electron chi connectivity index (χ3n) is 5.29. The van der Waals surface area contributed by atoms with Gasteiger partial charge in [-0.15, -0.1) is 0 Å². The van der Waals surface area contributed by atoms with Crippen molar-refractivity contribution in [1.82, 2.24) is 24.2 Å². The summed E-state index contributed by atoms with van der Waals surface area (Å²) in [6, 6.07) is 3.40. The molecule has 8 nitrogen and oxygen atoms in total. The molecule has 1 aliphatic rings. The van der Waals surface area contributed by atoms with Gasteiger partial charge in [-0.05, 0) is 57.9 Å². The van der Waals surface area contributed by atoms with Crippen LogP contribution in [-0.4, -0.2) is 49.0 Å². The van der Waals surface area contributed by atoms with Crippen LogP contribution in [0.4, 0.5) is 9.18 Å². The summed E-state index contributed by atoms with van der Waals surface area (Å²) >= 11 is 0. The Balaban J connectivity index is 1.70. The van der Waals surface area contributed by atoms with Gasteiger partial charge in [0.2, 0.25) is 0 Å². The number of halogens is 1. The van der Waals surface area contributed by atoms with Gasteiger partial charge in [-0.2, -0.15) is 5.10 Å². The van der Waals surface area contributed by atoms with Crippen molar-refractivity contribution in [3.8, 4) is 11.5 Å². The van der Waals surface area contributed by atoms with Gasteiger partial charge in [0, 0.05) is 37.0 Å². The highest BCUT2D eigenvalue weighted by molar-refractivity contribution is 5.70. The van der Waals surface area contributed by atoms with Crippen molar-refractivity contribution >= 4 is 6.09 Å². The number of aryl methyl sites for hydroxylation is 2. The minimum absolute atomic E-state index is 0.000658. The van der Waals surface area contributed by atoms with Crippen LogP contribution in [0.5, 0.6) is 0 Å². The Bertz CT molecular complexity index is 1170. The quantitative estimate of drug-likeness (QED) is 0.694. The lowest BCUT2D eigenvalue weighted by molar-refractivity contribution is 0.00818. The molecule has 0 radical (unpaired) electrons. The van der Waals surface area contributed by atoms with E-state index >= 15 is 0 Å². The highest BCUT2D eigenvalue weighted by atomic mass is 19.1. The number of H-pyrrole nitrogens is 1. The largest absolute Gasteiger partial charge is 0.444 e. The second-order valence-electron chi connectivity index (χ2n) is 8.95. The van der Waals surface area contributed by atoms with Crippen LogP contribution in [0.2, 0.25) is 0 Å². The molecule has 0 aliphatic carbocycles. The summed E-state index contributed by atoms with van der Waals surface area (Å²) in [6.45, 7) is 9.81. The van der Waals surface area contributed by atoms with E-state index in [4.69, 9.17) is 4.74 Å². The number of imidazole rings is 1. The predicted octanol–water partition coefficient (Wildman–Crippen LogP) is 3.44. The van der Waals surface area contributed by atoms with Crippen LogP contribution in [-0.2, 0) is 4.74 Å². The fraction of sp³-hybridized carbons (Fsp3) is 0.409. The number of hydrogen-bond acceptors (Lipinski definition) is 4. The van der Waals surface area contributed by atoms with Crippen molar-refractivity contribution in [2.24, 2.45) is 0 Å². The average molecular weight is 427 g/mol. The van der Waals surface area contributed by atoms with Crippen molar-refractivity contribution in [2.75, 3.05) is 13.1 Å². The first kappa shape index (κ1) is 20.9. The molecule has 1 N–H and O–H groups in total. The molecule has 1 aromatic carbocycles. The molecule has 9 heteroatoms. The minimum Gasteiger partial charge on any atom is -0.444 e. The van der Waals surface area contributed by atoms with Gasteiger partial charge in [0.05, 0.1) is 11.9 Å². The number of nitrogens with zero attached hydrogens (tertiary/aromatic N) is 4. The number of nitrogens with one attached hydrogen (secondary N) is 1. The average Bonchev–Trinajstić information content (AvgIpc) is 3.22. The van der Waals surface area contributed by atoms with Crippen LogP contribution >= 0.6 is 0 Å². The predicted molar refractivity (Wildman–Crippen MR) is 113 cm³/mol. The fourth-order valence-corrected chi connectivity index (χ4v) is 3.76. The van der Waals surface area contributed by atoms with Gasteiger partial charge in [-0.3, -0.25) is 4.57 Å². The van der Waals surface area contributed by atoms with E-state index in [-0.39, 0.29) is 23.5 Å². The fourth-order valence-electron chi connectivity index (χ4n) is 3.76. The van der Waals surface area contributed by atoms with Crippen molar-refractivity contribution in [3.63, 3.8) is 0 Å². The normalized spacial score (nSPS) is 14.6. The molecule has 0 atom stereocenters. The van der Waals surface area contributed by atoms with E-state index in [1.54, 1.807) is 54.2 Å². The Morgan fingerprint density at radius 1 is 1.23 bits per heavy atom. The van der Waals surface area contributed by atoms with Crippen molar-refractivity contribution < 1.29 is 13.9 Å². The molecule has 0 bridgehead atoms. The molecule has 1 fully saturated rings. The summed E-state index contributed by atoms with van der Waals surface area (Å²) in [5.74, 6) is 0.315. The zero-order valence-electron chi connectivity index (χ0n) is 18.3. The molecule has 31 heavy (non-hydrogen) atoms. The van der Waals surface area contributed by atoms with E-state index in [2.05, 4.69) is 10.1 Å². The molecule has 3 heterocycles. The van der Waals surface area contributed by atoms with Crippen LogP contribution in [0.3, 0.4) is 0 Å². The van der Waals surface area contributed by atoms with Crippen molar-refractivity contribution in [3.05, 3.63) is 63.7 Å². The molecule has 4 rings (SSSR count). The number of rotatable bonds is 3. The van der Waals surface area contributed by atoms with E-state index in [0.717, 1.165) is 5.56 Å². The smallest absolute Gasteiger partial charge is 0.410 e. The van der Waals surface area contributed by atoms with E-state index < -0.39 is 5.60 Å². The second-order valence-corrected chi connectivity index (χ2v) is 8.95. The number of amides is 1. The highest BCUT2D eigenvalue weighted by Crippen LogP contribution is 2.33. The second kappa shape index (κ2) is 7.40. The van der Waals surface area contributed by atoms with Gasteiger partial charge >= 0.3 is 11.8 Å². The van der Waals surface area contributed by atoms with Gasteiger partial charge in [-0.1, -0.05) is 0 Å². The molecular weight excluding hydrogens is 401 g/mol. The molecule has 1 aliphatic heterocycles. The number of ether oxygens (including phenoxy) is 1. The van der Waals surface area contributed by atoms with Gasteiger partial charge in [0.1, 0.15) is 17.2 Å². The number of benzene rings is 1. The first-order valence-electron chi connectivity index (χ1n) is 10.1. The molecule has 1 amide bonds. The summed E-state index contributed by atoms with van der Waals surface area (Å²) in [4.78, 5) is 29.0. The van der Waals surface area contributed by atoms with Crippen LogP contribution in [0.15, 0.2) is 35.5 Å². The van der Waals surface area contributed by atoms with Gasteiger partial charge in [0.15, 0.2) is 0 Å². The number of carbonyl (C=O) groups excluding carboxylic acids is 1. The minimum atomic E-state index is -0.561. The molecule has 1 saturated heterocycles. The zero-order valence-corrected chi connectivity index (χ0v) is 18.3. The Hall–Kier alpha value is -3.36. The number of aromatic amines is 1. The Morgan fingerprint density at radius 3 is 2.42 bits per heavy atom. The number of likely N-dealkylation sites (tertiary alicyclic amines) is 1. The monoisotopic (exact) mass is 427 g/mol. The van der Waals surface area contributed by atoms with Crippen molar-refractivity contribution in [1.29, 1.82) is 0 Å². The van der Waals surface area contributed by atoms with Gasteiger partial charge in [0.25, 0.3) is 0 Å². The van der Waals surface area contributed by atoms with Crippen molar-refractivity contribution in [2.45, 2.75) is 46.1 Å². The third-order valence-corrected chi connectivity index (χ3v) is 5.29. The van der Waals surface area contributed by atoms with E-state index in [1.807, 2.05) is 20.8 Å². The maximum absolute atomic E-state index is 14.2. The Morgan fingerprint density at radius 2 is 1.87 bits per heavy atom. The standard InChI is InChI=1S/C22H26FN5O3/c1-13-8-16(9-14(2)18(13)23)28-19(27-7-6-24-20(27)29)17(10-25-28)15-11-26(12-15)21(30)31-22(3,4)5/h6-10,15H,11-12H2,1-5H3,(H,24,29). The maximum Gasteiger partial charge on any atom is 0.410 e. The lowest BCUT2D eigenvalue weighted by atomic mass is 9.93. The van der Waals surface area contributed by atoms with Crippen LogP contribution in [0.1, 0.15) is 43.4 Å². The van der Waals surface area contributed by atoms with Gasteiger partial charge < -0.3 is 14.6 Å². The summed E-state index contributed by atoms with van der Waals surface area (Å²) in [7, 11) is 0. The lowest BCUT2D eigenvalue weighted by Gasteiger charge is -2.39. The molecule has 2 aromatic heterocycles. The van der Waals surface area contributed by atoms with Crippen LogP contribution < -0.4 is 5.69 Å². The summed E-state index contributed by atoms with van der Waals surface area (Å²) in [6.07, 6.45) is 4.53. The maximum atomic E-state index is 14.2. The zero-order chi connectivity index (χ0) is 22.5. The van der Waals surface area contributed by atoms with Gasteiger partial charge in [-0.25, -0.2) is 18.7 Å². The summed E-state index contributed by atoms with van der Waals surface area (Å²) in [5, 5.41) is 4.51. The molecule has 3 aromatic rings. The third kappa shape index (κ3) is 3.87. The first-order valence-corrected chi connectivity index (χ1v) is 10.1. The summed E-state index contributed by atoms with van der Waals surface area (Å²) < 4.78 is 22.7. The molecular formula is C22H26FN5O3. The lowest BCUT2D eigenvalue weighted by Crippen LogP contribution is -2.50. The summed E-state index contributed by atoms with van der Waals surface area (Å²) in [5.41, 5.74) is 1.63. The molecule has 0 saturated carbocycles.